The summed E-state index contributed by atoms with van der Waals surface area (Å²) in [5, 5.41) is 8.62. The Morgan fingerprint density at radius 2 is 2.05 bits per heavy atom. The van der Waals surface area contributed by atoms with Gasteiger partial charge in [-0.15, -0.1) is 0 Å². The first-order valence-electron chi connectivity index (χ1n) is 6.67. The van der Waals surface area contributed by atoms with E-state index in [1.807, 2.05) is 31.2 Å². The van der Waals surface area contributed by atoms with Gasteiger partial charge in [0.05, 0.1) is 0 Å². The van der Waals surface area contributed by atoms with Crippen molar-refractivity contribution < 1.29 is 14.6 Å². The molecule has 0 saturated carbocycles. The largest absolute Gasteiger partial charge is 0.384 e. The minimum atomic E-state index is -0.142. The summed E-state index contributed by atoms with van der Waals surface area (Å²) < 4.78 is 5.23. The van der Waals surface area contributed by atoms with Gasteiger partial charge in [-0.25, -0.2) is 0 Å². The van der Waals surface area contributed by atoms with Crippen molar-refractivity contribution in [2.24, 2.45) is 0 Å². The highest BCUT2D eigenvalue weighted by Gasteiger charge is 2.08. The highest BCUT2D eigenvalue weighted by molar-refractivity contribution is 5.77. The van der Waals surface area contributed by atoms with Gasteiger partial charge in [0.25, 0.3) is 0 Å². The molecule has 108 valence electrons. The second kappa shape index (κ2) is 9.13. The summed E-state index contributed by atoms with van der Waals surface area (Å²) in [6.45, 7) is 3.15. The lowest BCUT2D eigenvalue weighted by atomic mass is 10.1. The summed E-state index contributed by atoms with van der Waals surface area (Å²) in [6, 6.07) is 7.62. The third kappa shape index (κ3) is 5.87. The van der Waals surface area contributed by atoms with E-state index in [4.69, 9.17) is 9.84 Å². The molecule has 1 amide bonds. The highest BCUT2D eigenvalue weighted by atomic mass is 16.5. The summed E-state index contributed by atoms with van der Waals surface area (Å²) in [4.78, 5) is 13.4. The van der Waals surface area contributed by atoms with Crippen molar-refractivity contribution in [3.63, 3.8) is 0 Å². The van der Waals surface area contributed by atoms with Gasteiger partial charge in [-0.1, -0.05) is 30.9 Å². The summed E-state index contributed by atoms with van der Waals surface area (Å²) >= 11 is 0. The summed E-state index contributed by atoms with van der Waals surface area (Å²) in [5.74, 6) is 5.40. The number of aliphatic hydroxyl groups excluding tert-OH is 1. The van der Waals surface area contributed by atoms with Crippen LogP contribution in [0.2, 0.25) is 0 Å². The molecule has 0 bridgehead atoms. The van der Waals surface area contributed by atoms with Gasteiger partial charge in [0.15, 0.2) is 0 Å². The molecule has 0 aromatic heterocycles. The van der Waals surface area contributed by atoms with Crippen LogP contribution in [0.1, 0.15) is 24.5 Å². The van der Waals surface area contributed by atoms with Crippen LogP contribution < -0.4 is 0 Å². The number of ether oxygens (including phenoxy) is 1. The van der Waals surface area contributed by atoms with Gasteiger partial charge in [0.1, 0.15) is 13.2 Å². The van der Waals surface area contributed by atoms with Gasteiger partial charge >= 0.3 is 0 Å². The van der Waals surface area contributed by atoms with Crippen LogP contribution in [0.5, 0.6) is 0 Å². The predicted molar refractivity (Wildman–Crippen MR) is 78.0 cm³/mol. The fourth-order valence-electron chi connectivity index (χ4n) is 1.61. The molecular weight excluding hydrogens is 254 g/mol. The zero-order valence-corrected chi connectivity index (χ0v) is 12.1. The zero-order valence-electron chi connectivity index (χ0n) is 12.1. The average molecular weight is 275 g/mol. The Morgan fingerprint density at radius 1 is 1.35 bits per heavy atom. The van der Waals surface area contributed by atoms with Gasteiger partial charge < -0.3 is 14.7 Å². The number of benzene rings is 1. The number of hydrogen-bond donors (Lipinski definition) is 1. The number of carbonyl (C=O) groups is 1. The van der Waals surface area contributed by atoms with E-state index in [9.17, 15) is 4.79 Å². The number of hydrogen-bond acceptors (Lipinski definition) is 3. The smallest absolute Gasteiger partial charge is 0.248 e. The van der Waals surface area contributed by atoms with Crippen molar-refractivity contribution >= 4 is 5.91 Å². The minimum absolute atomic E-state index is 0.0254. The lowest BCUT2D eigenvalue weighted by Crippen LogP contribution is -2.29. The molecular formula is C16H21NO3. The van der Waals surface area contributed by atoms with Gasteiger partial charge in [0.2, 0.25) is 5.91 Å². The number of carbonyl (C=O) groups excluding carboxylic acids is 1. The van der Waals surface area contributed by atoms with Crippen LogP contribution in [0.4, 0.5) is 0 Å². The van der Waals surface area contributed by atoms with E-state index in [0.29, 0.717) is 13.2 Å². The van der Waals surface area contributed by atoms with Crippen LogP contribution in [0.15, 0.2) is 24.3 Å². The molecule has 1 aromatic carbocycles. The van der Waals surface area contributed by atoms with Crippen LogP contribution in [0.25, 0.3) is 0 Å². The Morgan fingerprint density at radius 3 is 2.65 bits per heavy atom. The van der Waals surface area contributed by atoms with Crippen LogP contribution in [0.3, 0.4) is 0 Å². The number of nitrogens with zero attached hydrogens (tertiary/aromatic N) is 1. The predicted octanol–water partition coefficient (Wildman–Crippen LogP) is 1.42. The molecule has 1 rings (SSSR count). The Kier molecular flexibility index (Phi) is 7.41. The maximum Gasteiger partial charge on any atom is 0.248 e. The Bertz CT molecular complexity index is 471. The molecule has 0 saturated heterocycles. The first-order valence-corrected chi connectivity index (χ1v) is 6.67. The average Bonchev–Trinajstić information content (AvgIpc) is 2.46. The van der Waals surface area contributed by atoms with Gasteiger partial charge in [-0.05, 0) is 24.1 Å². The van der Waals surface area contributed by atoms with Crippen molar-refractivity contribution in [1.82, 2.24) is 4.90 Å². The van der Waals surface area contributed by atoms with Gasteiger partial charge in [0, 0.05) is 25.8 Å². The first-order chi connectivity index (χ1) is 9.67. The van der Waals surface area contributed by atoms with E-state index in [0.717, 1.165) is 17.5 Å². The van der Waals surface area contributed by atoms with Crippen LogP contribution in [0, 0.1) is 11.8 Å². The molecule has 0 radical (unpaired) electrons. The molecule has 0 fully saturated rings. The summed E-state index contributed by atoms with van der Waals surface area (Å²) in [7, 11) is 1.76. The molecule has 0 atom stereocenters. The minimum Gasteiger partial charge on any atom is -0.384 e. The Hall–Kier alpha value is -1.83. The molecule has 0 unspecified atom stereocenters. The summed E-state index contributed by atoms with van der Waals surface area (Å²) in [6.07, 6.45) is 0.910. The normalized spacial score (nSPS) is 9.75. The number of rotatable bonds is 6. The van der Waals surface area contributed by atoms with Crippen LogP contribution in [-0.2, 0) is 16.1 Å². The maximum absolute atomic E-state index is 11.8. The van der Waals surface area contributed by atoms with Gasteiger partial charge in [-0.2, -0.15) is 0 Å². The van der Waals surface area contributed by atoms with E-state index < -0.39 is 0 Å². The van der Waals surface area contributed by atoms with E-state index in [1.54, 1.807) is 11.9 Å². The van der Waals surface area contributed by atoms with E-state index in [1.165, 1.54) is 0 Å². The number of amides is 1. The van der Waals surface area contributed by atoms with E-state index in [-0.39, 0.29) is 19.1 Å². The molecule has 0 aliphatic carbocycles. The fourth-order valence-corrected chi connectivity index (χ4v) is 1.61. The lowest BCUT2D eigenvalue weighted by molar-refractivity contribution is -0.135. The molecule has 0 heterocycles. The molecule has 20 heavy (non-hydrogen) atoms. The first kappa shape index (κ1) is 16.2. The van der Waals surface area contributed by atoms with E-state index >= 15 is 0 Å². The van der Waals surface area contributed by atoms with Crippen molar-refractivity contribution in [2.45, 2.75) is 19.9 Å². The molecule has 1 aromatic rings. The Labute approximate surface area is 120 Å². The van der Waals surface area contributed by atoms with Crippen molar-refractivity contribution in [2.75, 3.05) is 26.9 Å². The third-order valence-electron chi connectivity index (χ3n) is 2.69. The molecule has 0 spiro atoms. The number of likely N-dealkylation sites (N-methyl/N-ethyl adjacent to an activating group) is 1. The Balaban J connectivity index is 2.49. The molecule has 4 nitrogen and oxygen atoms in total. The highest BCUT2D eigenvalue weighted by Crippen LogP contribution is 2.06. The van der Waals surface area contributed by atoms with Gasteiger partial charge in [-0.3, -0.25) is 4.79 Å². The lowest BCUT2D eigenvalue weighted by Gasteiger charge is -2.17. The van der Waals surface area contributed by atoms with E-state index in [2.05, 4.69) is 11.8 Å². The topological polar surface area (TPSA) is 49.8 Å². The standard InChI is InChI=1S/C16H21NO3/c1-3-11-20-13-16(19)17(2)12-15-8-6-14(7-9-15)5-4-10-18/h6-9,18H,3,10-13H2,1-2H3. The summed E-state index contributed by atoms with van der Waals surface area (Å²) in [5.41, 5.74) is 1.88. The van der Waals surface area contributed by atoms with Crippen molar-refractivity contribution in [3.8, 4) is 11.8 Å². The maximum atomic E-state index is 11.8. The number of aliphatic hydroxyl groups is 1. The second-order valence-corrected chi connectivity index (χ2v) is 4.46. The quantitative estimate of drug-likeness (QED) is 0.631. The second-order valence-electron chi connectivity index (χ2n) is 4.46. The SMILES string of the molecule is CCCOCC(=O)N(C)Cc1ccc(C#CCO)cc1. The molecule has 4 heteroatoms. The fraction of sp³-hybridized carbons (Fsp3) is 0.438. The molecule has 0 aliphatic rings. The molecule has 0 aliphatic heterocycles. The zero-order chi connectivity index (χ0) is 14.8. The van der Waals surface area contributed by atoms with Crippen molar-refractivity contribution in [3.05, 3.63) is 35.4 Å². The van der Waals surface area contributed by atoms with Crippen molar-refractivity contribution in [1.29, 1.82) is 0 Å². The van der Waals surface area contributed by atoms with Crippen LogP contribution in [-0.4, -0.2) is 42.8 Å². The third-order valence-corrected chi connectivity index (χ3v) is 2.69. The van der Waals surface area contributed by atoms with Crippen LogP contribution >= 0.6 is 0 Å². The monoisotopic (exact) mass is 275 g/mol. The molecule has 1 N–H and O–H groups in total.